The van der Waals surface area contributed by atoms with E-state index in [9.17, 15) is 0 Å². The van der Waals surface area contributed by atoms with Crippen LogP contribution in [0.25, 0.3) is 34.4 Å². The fourth-order valence-corrected chi connectivity index (χ4v) is 7.11. The molecule has 1 aliphatic heterocycles. The Morgan fingerprint density at radius 1 is 0.375 bits per heavy atom. The van der Waals surface area contributed by atoms with Gasteiger partial charge in [0.2, 0.25) is 0 Å². The molecule has 0 aliphatic carbocycles. The Morgan fingerprint density at radius 3 is 1.35 bits per heavy atom. The molecule has 0 radical (unpaired) electrons. The van der Waals surface area contributed by atoms with Crippen molar-refractivity contribution >= 4 is 49.1 Å². The van der Waals surface area contributed by atoms with Gasteiger partial charge in [0, 0.05) is 16.8 Å². The largest absolute Gasteiger partial charge is 0.309 e. The lowest BCUT2D eigenvalue weighted by Crippen LogP contribution is -2.26. The Morgan fingerprint density at radius 2 is 0.800 bits per heavy atom. The summed E-state index contributed by atoms with van der Waals surface area (Å²) in [5, 5.41) is 2.94. The first-order valence-corrected chi connectivity index (χ1v) is 15.2. The zero-order valence-electron chi connectivity index (χ0n) is 22.2. The molecule has 40 heavy (non-hydrogen) atoms. The Kier molecular flexibility index (Phi) is 6.45. The van der Waals surface area contributed by atoms with Gasteiger partial charge >= 0.3 is 0 Å². The number of rotatable bonds is 5. The van der Waals surface area contributed by atoms with E-state index in [1.807, 2.05) is 0 Å². The van der Waals surface area contributed by atoms with E-state index in [0.29, 0.717) is 0 Å². The van der Waals surface area contributed by atoms with Crippen LogP contribution in [0, 0.1) is 0 Å². The average molecular weight is 528 g/mol. The highest BCUT2D eigenvalue weighted by Crippen LogP contribution is 2.50. The third-order valence-corrected chi connectivity index (χ3v) is 9.41. The number of nitrogens with zero attached hydrogens (tertiary/aromatic N) is 1. The van der Waals surface area contributed by atoms with E-state index >= 15 is 0 Å². The van der Waals surface area contributed by atoms with Crippen molar-refractivity contribution in [2.75, 3.05) is 4.90 Å². The van der Waals surface area contributed by atoms with Gasteiger partial charge in [-0.2, -0.15) is 0 Å². The van der Waals surface area contributed by atoms with Gasteiger partial charge in [0.25, 0.3) is 0 Å². The van der Waals surface area contributed by atoms with E-state index in [-0.39, 0.29) is 0 Å². The SMILES string of the molecule is C(=Cc1ccc(N2c3ccccc3-c3ccccc3-c3ccccc32)cc1)c1ccc([SiH2]c2ccccc2)cc1. The van der Waals surface area contributed by atoms with Gasteiger partial charge in [-0.3, -0.25) is 0 Å². The summed E-state index contributed by atoms with van der Waals surface area (Å²) in [6.07, 6.45) is 4.41. The number of benzene rings is 6. The second kappa shape index (κ2) is 10.7. The average Bonchev–Trinajstić information content (AvgIpc) is 3.15. The summed E-state index contributed by atoms with van der Waals surface area (Å²) in [7, 11) is -0.419. The minimum atomic E-state index is -0.419. The fourth-order valence-electron chi connectivity index (χ4n) is 5.66. The molecular formula is C38H29NSi. The highest BCUT2D eigenvalue weighted by Gasteiger charge is 2.25. The summed E-state index contributed by atoms with van der Waals surface area (Å²) in [6, 6.07) is 55.0. The van der Waals surface area contributed by atoms with E-state index < -0.39 is 9.52 Å². The Balaban J connectivity index is 1.18. The molecule has 2 heteroatoms. The van der Waals surface area contributed by atoms with Gasteiger partial charge in [-0.05, 0) is 46.5 Å². The van der Waals surface area contributed by atoms with Crippen LogP contribution in [0.1, 0.15) is 11.1 Å². The second-order valence-corrected chi connectivity index (χ2v) is 12.2. The Bertz CT molecular complexity index is 1740. The van der Waals surface area contributed by atoms with Crippen molar-refractivity contribution in [3.63, 3.8) is 0 Å². The molecule has 0 saturated carbocycles. The van der Waals surface area contributed by atoms with Crippen LogP contribution in [0.3, 0.4) is 0 Å². The van der Waals surface area contributed by atoms with E-state index in [0.717, 1.165) is 5.69 Å². The van der Waals surface area contributed by atoms with Crippen molar-refractivity contribution in [2.24, 2.45) is 0 Å². The number of anilines is 3. The molecule has 0 atom stereocenters. The Labute approximate surface area is 238 Å². The molecule has 6 aromatic rings. The summed E-state index contributed by atoms with van der Waals surface area (Å²) in [5.74, 6) is 0. The van der Waals surface area contributed by atoms with Crippen molar-refractivity contribution in [3.8, 4) is 22.3 Å². The minimum Gasteiger partial charge on any atom is -0.309 e. The predicted molar refractivity (Wildman–Crippen MR) is 175 cm³/mol. The molecular weight excluding hydrogens is 499 g/mol. The topological polar surface area (TPSA) is 3.24 Å². The summed E-state index contributed by atoms with van der Waals surface area (Å²) < 4.78 is 0. The maximum atomic E-state index is 2.40. The van der Waals surface area contributed by atoms with Crippen LogP contribution < -0.4 is 15.3 Å². The number of hydrogen-bond donors (Lipinski definition) is 0. The summed E-state index contributed by atoms with van der Waals surface area (Å²) >= 11 is 0. The van der Waals surface area contributed by atoms with Gasteiger partial charge in [-0.1, -0.05) is 150 Å². The standard InChI is InChI=1S/C38H29NSi/c1-2-10-31(11-3-1)40-32-26-22-29(23-27-32)19-18-28-20-24-30(25-21-28)39-37-16-8-6-14-35(37)33-12-4-5-13-34(33)36-15-7-9-17-38(36)39/h1-27H,40H2. The van der Waals surface area contributed by atoms with Gasteiger partial charge in [0.15, 0.2) is 0 Å². The molecule has 0 fully saturated rings. The van der Waals surface area contributed by atoms with Gasteiger partial charge in [-0.25, -0.2) is 0 Å². The second-order valence-electron chi connectivity index (χ2n) is 10.2. The first-order valence-electron chi connectivity index (χ1n) is 13.8. The minimum absolute atomic E-state index is 0.419. The van der Waals surface area contributed by atoms with Crippen molar-refractivity contribution in [2.45, 2.75) is 0 Å². The van der Waals surface area contributed by atoms with Crippen molar-refractivity contribution in [1.29, 1.82) is 0 Å². The van der Waals surface area contributed by atoms with Crippen LogP contribution in [-0.2, 0) is 0 Å². The third kappa shape index (κ3) is 4.70. The van der Waals surface area contributed by atoms with E-state index in [1.54, 1.807) is 0 Å². The molecule has 0 spiro atoms. The summed E-state index contributed by atoms with van der Waals surface area (Å²) in [5.41, 5.74) is 11.0. The molecule has 1 heterocycles. The number of para-hydroxylation sites is 2. The van der Waals surface area contributed by atoms with Crippen molar-refractivity contribution in [1.82, 2.24) is 0 Å². The van der Waals surface area contributed by atoms with E-state index in [4.69, 9.17) is 0 Å². The maximum Gasteiger partial charge on any atom is 0.0875 e. The Hall–Kier alpha value is -4.92. The van der Waals surface area contributed by atoms with Gasteiger partial charge in [0.1, 0.15) is 0 Å². The molecule has 0 aromatic heterocycles. The first-order chi connectivity index (χ1) is 19.8. The zero-order valence-corrected chi connectivity index (χ0v) is 23.7. The van der Waals surface area contributed by atoms with E-state index in [2.05, 4.69) is 169 Å². The monoisotopic (exact) mass is 527 g/mol. The lowest BCUT2D eigenvalue weighted by atomic mass is 9.95. The van der Waals surface area contributed by atoms with Crippen molar-refractivity contribution < 1.29 is 0 Å². The molecule has 0 N–H and O–H groups in total. The fraction of sp³-hybridized carbons (Fsp3) is 0. The lowest BCUT2D eigenvalue weighted by molar-refractivity contribution is 1.29. The van der Waals surface area contributed by atoms with E-state index in [1.165, 1.54) is 55.1 Å². The number of hydrogen-bond acceptors (Lipinski definition) is 1. The summed E-state index contributed by atoms with van der Waals surface area (Å²) in [6.45, 7) is 0. The zero-order chi connectivity index (χ0) is 26.7. The quantitative estimate of drug-likeness (QED) is 0.161. The molecule has 1 aliphatic rings. The molecule has 7 rings (SSSR count). The highest BCUT2D eigenvalue weighted by molar-refractivity contribution is 6.67. The van der Waals surface area contributed by atoms with Crippen LogP contribution in [0.2, 0.25) is 0 Å². The van der Waals surface area contributed by atoms with Gasteiger partial charge < -0.3 is 4.90 Å². The van der Waals surface area contributed by atoms with Crippen LogP contribution in [0.15, 0.2) is 152 Å². The molecule has 1 nitrogen and oxygen atoms in total. The van der Waals surface area contributed by atoms with Crippen molar-refractivity contribution in [3.05, 3.63) is 163 Å². The van der Waals surface area contributed by atoms with Crippen LogP contribution in [0.5, 0.6) is 0 Å². The maximum absolute atomic E-state index is 2.40. The molecule has 0 unspecified atom stereocenters. The molecule has 6 aromatic carbocycles. The van der Waals surface area contributed by atoms with Gasteiger partial charge in [-0.15, -0.1) is 0 Å². The van der Waals surface area contributed by atoms with Crippen LogP contribution in [-0.4, -0.2) is 9.52 Å². The lowest BCUT2D eigenvalue weighted by Gasteiger charge is -2.27. The third-order valence-electron chi connectivity index (χ3n) is 7.65. The summed E-state index contributed by atoms with van der Waals surface area (Å²) in [4.78, 5) is 2.40. The number of fused-ring (bicyclic) bond motifs is 5. The van der Waals surface area contributed by atoms with Crippen LogP contribution >= 0.6 is 0 Å². The van der Waals surface area contributed by atoms with Gasteiger partial charge in [0.05, 0.1) is 20.9 Å². The molecule has 0 amide bonds. The first kappa shape index (κ1) is 24.1. The smallest absolute Gasteiger partial charge is 0.0875 e. The molecule has 0 saturated heterocycles. The molecule has 190 valence electrons. The van der Waals surface area contributed by atoms with Crippen LogP contribution in [0.4, 0.5) is 17.1 Å². The highest BCUT2D eigenvalue weighted by atomic mass is 28.2. The predicted octanol–water partition coefficient (Wildman–Crippen LogP) is 8.09. The molecule has 0 bridgehead atoms. The normalized spacial score (nSPS) is 12.2.